The lowest BCUT2D eigenvalue weighted by Gasteiger charge is -2.13. The zero-order valence-electron chi connectivity index (χ0n) is 10.7. The highest BCUT2D eigenvalue weighted by Crippen LogP contribution is 2.20. The van der Waals surface area contributed by atoms with Crippen LogP contribution in [0.15, 0.2) is 40.8 Å². The van der Waals surface area contributed by atoms with E-state index < -0.39 is 10.0 Å². The van der Waals surface area contributed by atoms with Gasteiger partial charge in [-0.1, -0.05) is 6.07 Å². The number of rotatable bonds is 3. The van der Waals surface area contributed by atoms with Gasteiger partial charge in [-0.3, -0.25) is 0 Å². The van der Waals surface area contributed by atoms with Crippen molar-refractivity contribution in [1.82, 2.24) is 14.8 Å². The van der Waals surface area contributed by atoms with Crippen molar-refractivity contribution in [3.8, 4) is 5.82 Å². The third kappa shape index (κ3) is 2.58. The second-order valence-corrected chi connectivity index (χ2v) is 5.56. The Morgan fingerprint density at radius 3 is 2.76 bits per heavy atom. The van der Waals surface area contributed by atoms with Gasteiger partial charge in [-0.2, -0.15) is 5.10 Å². The SMILES string of the molecule is NS(=O)(=O)c1c(C2=NOCCO2)cnn1-c1ccccn1. The zero-order chi connectivity index (χ0) is 14.9. The number of sulfonamides is 1. The summed E-state index contributed by atoms with van der Waals surface area (Å²) >= 11 is 0. The molecule has 9 nitrogen and oxygen atoms in total. The van der Waals surface area contributed by atoms with Crippen LogP contribution in [0.2, 0.25) is 0 Å². The predicted molar refractivity (Wildman–Crippen MR) is 71.2 cm³/mol. The molecule has 0 amide bonds. The molecular weight excluding hydrogens is 298 g/mol. The van der Waals surface area contributed by atoms with Crippen LogP contribution in [-0.2, 0) is 19.6 Å². The van der Waals surface area contributed by atoms with Gasteiger partial charge in [0, 0.05) is 6.20 Å². The van der Waals surface area contributed by atoms with Gasteiger partial charge in [0.1, 0.15) is 6.61 Å². The van der Waals surface area contributed by atoms with Gasteiger partial charge in [0.15, 0.2) is 17.5 Å². The third-order valence-corrected chi connectivity index (χ3v) is 3.58. The van der Waals surface area contributed by atoms with E-state index in [0.29, 0.717) is 12.4 Å². The monoisotopic (exact) mass is 309 g/mol. The van der Waals surface area contributed by atoms with Crippen molar-refractivity contribution >= 4 is 15.9 Å². The number of pyridine rings is 1. The van der Waals surface area contributed by atoms with E-state index in [1.807, 2.05) is 0 Å². The minimum atomic E-state index is -4.07. The average Bonchev–Trinajstić information content (AvgIpc) is 2.94. The first-order valence-corrected chi connectivity index (χ1v) is 7.47. The van der Waals surface area contributed by atoms with Crippen LogP contribution in [-0.4, -0.2) is 42.3 Å². The van der Waals surface area contributed by atoms with Crippen molar-refractivity contribution in [2.75, 3.05) is 13.2 Å². The highest BCUT2D eigenvalue weighted by atomic mass is 32.2. The number of ether oxygens (including phenoxy) is 1. The molecule has 2 aromatic heterocycles. The standard InChI is InChI=1S/C11H11N5O4S/c12-21(17,18)11-8(10-15-20-6-5-19-10)7-14-16(11)9-3-1-2-4-13-9/h1-4,7H,5-6H2,(H2,12,17,18). The van der Waals surface area contributed by atoms with Gasteiger partial charge in [-0.25, -0.2) is 23.2 Å². The molecule has 3 heterocycles. The average molecular weight is 309 g/mol. The molecule has 0 aliphatic carbocycles. The van der Waals surface area contributed by atoms with E-state index in [1.54, 1.807) is 18.2 Å². The van der Waals surface area contributed by atoms with Crippen LogP contribution in [0.1, 0.15) is 5.56 Å². The zero-order valence-corrected chi connectivity index (χ0v) is 11.5. The van der Waals surface area contributed by atoms with Crippen LogP contribution in [0.25, 0.3) is 5.82 Å². The van der Waals surface area contributed by atoms with Gasteiger partial charge in [0.25, 0.3) is 15.9 Å². The maximum Gasteiger partial charge on any atom is 0.262 e. The van der Waals surface area contributed by atoms with Gasteiger partial charge < -0.3 is 9.57 Å². The molecule has 0 radical (unpaired) electrons. The van der Waals surface area contributed by atoms with Crippen molar-refractivity contribution in [2.24, 2.45) is 10.3 Å². The molecule has 1 aliphatic rings. The Morgan fingerprint density at radius 2 is 2.14 bits per heavy atom. The van der Waals surface area contributed by atoms with Crippen LogP contribution in [0.3, 0.4) is 0 Å². The summed E-state index contributed by atoms with van der Waals surface area (Å²) in [7, 11) is -4.07. The van der Waals surface area contributed by atoms with E-state index in [4.69, 9.17) is 14.7 Å². The second kappa shape index (κ2) is 5.14. The molecule has 1 aliphatic heterocycles. The topological polar surface area (TPSA) is 122 Å². The van der Waals surface area contributed by atoms with E-state index >= 15 is 0 Å². The minimum Gasteiger partial charge on any atom is -0.471 e. The molecule has 0 bridgehead atoms. The van der Waals surface area contributed by atoms with Crippen molar-refractivity contribution in [2.45, 2.75) is 5.03 Å². The Bertz CT molecular complexity index is 784. The molecule has 0 aromatic carbocycles. The summed E-state index contributed by atoms with van der Waals surface area (Å²) in [6.07, 6.45) is 2.81. The molecule has 0 atom stereocenters. The van der Waals surface area contributed by atoms with Crippen molar-refractivity contribution < 1.29 is 18.0 Å². The Labute approximate surface area is 120 Å². The fraction of sp³-hybridized carbons (Fsp3) is 0.182. The fourth-order valence-electron chi connectivity index (χ4n) is 1.83. The molecule has 10 heteroatoms. The van der Waals surface area contributed by atoms with E-state index in [9.17, 15) is 8.42 Å². The lowest BCUT2D eigenvalue weighted by molar-refractivity contribution is 0.0653. The second-order valence-electron chi connectivity index (χ2n) is 4.09. The molecule has 0 spiro atoms. The summed E-state index contributed by atoms with van der Waals surface area (Å²) in [6.45, 7) is 0.556. The third-order valence-electron chi connectivity index (χ3n) is 2.65. The summed E-state index contributed by atoms with van der Waals surface area (Å²) in [5, 5.41) is 12.7. The first-order valence-electron chi connectivity index (χ1n) is 5.93. The quantitative estimate of drug-likeness (QED) is 0.825. The van der Waals surface area contributed by atoms with Crippen LogP contribution in [0, 0.1) is 0 Å². The Kier molecular flexibility index (Phi) is 3.31. The van der Waals surface area contributed by atoms with Gasteiger partial charge in [0.2, 0.25) is 0 Å². The van der Waals surface area contributed by atoms with Gasteiger partial charge >= 0.3 is 0 Å². The van der Waals surface area contributed by atoms with E-state index in [1.165, 1.54) is 12.4 Å². The van der Waals surface area contributed by atoms with Crippen LogP contribution in [0.4, 0.5) is 0 Å². The Hall–Kier alpha value is -2.46. The molecule has 110 valence electrons. The number of oxime groups is 1. The highest BCUT2D eigenvalue weighted by molar-refractivity contribution is 7.89. The van der Waals surface area contributed by atoms with Crippen LogP contribution < -0.4 is 5.14 Å². The normalized spacial score (nSPS) is 15.0. The summed E-state index contributed by atoms with van der Waals surface area (Å²) < 4.78 is 30.2. The summed E-state index contributed by atoms with van der Waals surface area (Å²) in [5.41, 5.74) is 0.128. The van der Waals surface area contributed by atoms with Crippen LogP contribution in [0.5, 0.6) is 0 Å². The molecule has 2 N–H and O–H groups in total. The van der Waals surface area contributed by atoms with Crippen molar-refractivity contribution in [3.05, 3.63) is 36.2 Å². The highest BCUT2D eigenvalue weighted by Gasteiger charge is 2.28. The number of nitrogens with zero attached hydrogens (tertiary/aromatic N) is 4. The molecule has 3 rings (SSSR count). The predicted octanol–water partition coefficient (Wildman–Crippen LogP) is -0.377. The lowest BCUT2D eigenvalue weighted by Crippen LogP contribution is -2.23. The number of hydrogen-bond donors (Lipinski definition) is 1. The number of primary sulfonamides is 1. The number of aromatic nitrogens is 3. The summed E-state index contributed by atoms with van der Waals surface area (Å²) in [4.78, 5) is 8.94. The van der Waals surface area contributed by atoms with Crippen molar-refractivity contribution in [1.29, 1.82) is 0 Å². The maximum atomic E-state index is 11.9. The molecule has 0 saturated carbocycles. The van der Waals surface area contributed by atoms with Gasteiger partial charge in [-0.15, -0.1) is 0 Å². The fourth-order valence-corrected chi connectivity index (χ4v) is 2.66. The molecule has 0 saturated heterocycles. The summed E-state index contributed by atoms with van der Waals surface area (Å²) in [6, 6.07) is 5.01. The minimum absolute atomic E-state index is 0.0208. The van der Waals surface area contributed by atoms with E-state index in [-0.39, 0.29) is 23.1 Å². The maximum absolute atomic E-state index is 11.9. The summed E-state index contributed by atoms with van der Waals surface area (Å²) in [5.74, 6) is 0.331. The Morgan fingerprint density at radius 1 is 1.29 bits per heavy atom. The van der Waals surface area contributed by atoms with Crippen molar-refractivity contribution in [3.63, 3.8) is 0 Å². The molecular formula is C11H11N5O4S. The van der Waals surface area contributed by atoms with Gasteiger partial charge in [0.05, 0.1) is 11.8 Å². The molecule has 0 fully saturated rings. The molecule has 21 heavy (non-hydrogen) atoms. The smallest absolute Gasteiger partial charge is 0.262 e. The van der Waals surface area contributed by atoms with E-state index in [2.05, 4.69) is 15.2 Å². The number of hydrogen-bond acceptors (Lipinski definition) is 7. The van der Waals surface area contributed by atoms with Gasteiger partial charge in [-0.05, 0) is 17.3 Å². The van der Waals surface area contributed by atoms with Crippen LogP contribution >= 0.6 is 0 Å². The Balaban J connectivity index is 2.20. The molecule has 2 aromatic rings. The first-order chi connectivity index (χ1) is 10.1. The largest absolute Gasteiger partial charge is 0.471 e. The van der Waals surface area contributed by atoms with E-state index in [0.717, 1.165) is 4.68 Å². The lowest BCUT2D eigenvalue weighted by atomic mass is 10.3. The first kappa shape index (κ1) is 13.5. The number of nitrogens with two attached hydrogens (primary N) is 1. The molecule has 0 unspecified atom stereocenters.